The zero-order valence-corrected chi connectivity index (χ0v) is 10.7. The van der Waals surface area contributed by atoms with Gasteiger partial charge in [0.15, 0.2) is 0 Å². The van der Waals surface area contributed by atoms with E-state index in [0.717, 1.165) is 17.3 Å². The van der Waals surface area contributed by atoms with Crippen LogP contribution in [0.1, 0.15) is 22.8 Å². The van der Waals surface area contributed by atoms with Gasteiger partial charge in [0.1, 0.15) is 5.76 Å². The summed E-state index contributed by atoms with van der Waals surface area (Å²) >= 11 is 5.90. The van der Waals surface area contributed by atoms with E-state index in [9.17, 15) is 0 Å². The Hall–Kier alpha value is -1.32. The number of halogens is 1. The van der Waals surface area contributed by atoms with Crippen molar-refractivity contribution in [2.75, 3.05) is 0 Å². The van der Waals surface area contributed by atoms with Crippen LogP contribution in [-0.4, -0.2) is 4.98 Å². The fourth-order valence-electron chi connectivity index (χ4n) is 1.64. The van der Waals surface area contributed by atoms with Crippen molar-refractivity contribution in [3.63, 3.8) is 0 Å². The number of nitrogens with zero attached hydrogens (tertiary/aromatic N) is 1. The molecule has 0 amide bonds. The quantitative estimate of drug-likeness (QED) is 0.905. The number of aryl methyl sites for hydroxylation is 2. The molecule has 0 aliphatic heterocycles. The Labute approximate surface area is 106 Å². The summed E-state index contributed by atoms with van der Waals surface area (Å²) in [5.41, 5.74) is 2.42. The first-order chi connectivity index (χ1) is 8.15. The molecular formula is C13H15ClN2O. The van der Waals surface area contributed by atoms with Crippen molar-refractivity contribution in [1.82, 2.24) is 10.3 Å². The van der Waals surface area contributed by atoms with Crippen molar-refractivity contribution in [2.24, 2.45) is 0 Å². The Balaban J connectivity index is 1.90. The topological polar surface area (TPSA) is 38.1 Å². The third-order valence-electron chi connectivity index (χ3n) is 2.57. The summed E-state index contributed by atoms with van der Waals surface area (Å²) < 4.78 is 5.38. The standard InChI is InChI=1S/C13H15ClN2O/c1-9-5-12(14)4-3-11(9)7-15-8-13-16-6-10(2)17-13/h3-6,15H,7-8H2,1-2H3. The summed E-state index contributed by atoms with van der Waals surface area (Å²) in [5, 5.41) is 4.07. The molecule has 17 heavy (non-hydrogen) atoms. The Morgan fingerprint density at radius 1 is 1.29 bits per heavy atom. The van der Waals surface area contributed by atoms with Crippen molar-refractivity contribution < 1.29 is 4.42 Å². The largest absolute Gasteiger partial charge is 0.445 e. The van der Waals surface area contributed by atoms with Crippen LogP contribution in [0.25, 0.3) is 0 Å². The van der Waals surface area contributed by atoms with Gasteiger partial charge >= 0.3 is 0 Å². The second-order valence-corrected chi connectivity index (χ2v) is 4.48. The second kappa shape index (κ2) is 5.34. The fourth-order valence-corrected chi connectivity index (χ4v) is 1.87. The Kier molecular flexibility index (Phi) is 3.82. The van der Waals surface area contributed by atoms with Crippen LogP contribution in [0.3, 0.4) is 0 Å². The molecule has 0 saturated heterocycles. The van der Waals surface area contributed by atoms with Crippen molar-refractivity contribution in [1.29, 1.82) is 0 Å². The summed E-state index contributed by atoms with van der Waals surface area (Å²) in [6.45, 7) is 5.36. The molecule has 0 spiro atoms. The van der Waals surface area contributed by atoms with Crippen LogP contribution in [0.15, 0.2) is 28.8 Å². The number of rotatable bonds is 4. The van der Waals surface area contributed by atoms with Gasteiger partial charge in [-0.2, -0.15) is 0 Å². The molecule has 0 bridgehead atoms. The van der Waals surface area contributed by atoms with E-state index in [-0.39, 0.29) is 0 Å². The number of oxazole rings is 1. The van der Waals surface area contributed by atoms with Crippen molar-refractivity contribution in [2.45, 2.75) is 26.9 Å². The highest BCUT2D eigenvalue weighted by Crippen LogP contribution is 2.15. The number of benzene rings is 1. The highest BCUT2D eigenvalue weighted by Gasteiger charge is 2.02. The van der Waals surface area contributed by atoms with Gasteiger partial charge in [-0.05, 0) is 37.1 Å². The highest BCUT2D eigenvalue weighted by atomic mass is 35.5. The Morgan fingerprint density at radius 3 is 2.76 bits per heavy atom. The van der Waals surface area contributed by atoms with Crippen LogP contribution < -0.4 is 5.32 Å². The molecule has 3 nitrogen and oxygen atoms in total. The van der Waals surface area contributed by atoms with Crippen molar-refractivity contribution in [3.05, 3.63) is 52.2 Å². The maximum atomic E-state index is 5.90. The molecule has 0 unspecified atom stereocenters. The third-order valence-corrected chi connectivity index (χ3v) is 2.80. The lowest BCUT2D eigenvalue weighted by Gasteiger charge is -2.06. The highest BCUT2D eigenvalue weighted by molar-refractivity contribution is 6.30. The normalized spacial score (nSPS) is 10.8. The van der Waals surface area contributed by atoms with Crippen LogP contribution in [0.5, 0.6) is 0 Å². The fraction of sp³-hybridized carbons (Fsp3) is 0.308. The lowest BCUT2D eigenvalue weighted by molar-refractivity contribution is 0.449. The smallest absolute Gasteiger partial charge is 0.208 e. The maximum absolute atomic E-state index is 5.90. The third kappa shape index (κ3) is 3.32. The minimum atomic E-state index is 0.635. The molecule has 0 aliphatic rings. The van der Waals surface area contributed by atoms with E-state index >= 15 is 0 Å². The van der Waals surface area contributed by atoms with Crippen LogP contribution in [0.2, 0.25) is 5.02 Å². The van der Waals surface area contributed by atoms with E-state index in [1.807, 2.05) is 25.1 Å². The summed E-state index contributed by atoms with van der Waals surface area (Å²) in [7, 11) is 0. The Morgan fingerprint density at radius 2 is 2.12 bits per heavy atom. The monoisotopic (exact) mass is 250 g/mol. The number of nitrogens with one attached hydrogen (secondary N) is 1. The minimum Gasteiger partial charge on any atom is -0.445 e. The zero-order chi connectivity index (χ0) is 12.3. The predicted octanol–water partition coefficient (Wildman–Crippen LogP) is 3.23. The second-order valence-electron chi connectivity index (χ2n) is 4.04. The van der Waals surface area contributed by atoms with Gasteiger partial charge in [0.2, 0.25) is 5.89 Å². The maximum Gasteiger partial charge on any atom is 0.208 e. The van der Waals surface area contributed by atoms with Gasteiger partial charge in [0.05, 0.1) is 12.7 Å². The van der Waals surface area contributed by atoms with Gasteiger partial charge in [0, 0.05) is 11.6 Å². The summed E-state index contributed by atoms with van der Waals surface area (Å²) in [4.78, 5) is 4.13. The number of hydrogen-bond donors (Lipinski definition) is 1. The summed E-state index contributed by atoms with van der Waals surface area (Å²) in [6.07, 6.45) is 1.73. The molecule has 1 aromatic heterocycles. The van der Waals surface area contributed by atoms with Gasteiger partial charge in [-0.1, -0.05) is 17.7 Å². The first kappa shape index (κ1) is 12.1. The SMILES string of the molecule is Cc1cnc(CNCc2ccc(Cl)cc2C)o1. The lowest BCUT2D eigenvalue weighted by Crippen LogP contribution is -2.13. The molecule has 0 radical (unpaired) electrons. The van der Waals surface area contributed by atoms with Crippen LogP contribution >= 0.6 is 11.6 Å². The average molecular weight is 251 g/mol. The van der Waals surface area contributed by atoms with E-state index in [2.05, 4.69) is 17.2 Å². The van der Waals surface area contributed by atoms with Crippen LogP contribution in [-0.2, 0) is 13.1 Å². The average Bonchev–Trinajstić information content (AvgIpc) is 2.68. The van der Waals surface area contributed by atoms with E-state index in [1.165, 1.54) is 11.1 Å². The predicted molar refractivity (Wildman–Crippen MR) is 68.0 cm³/mol. The first-order valence-electron chi connectivity index (χ1n) is 5.52. The molecule has 90 valence electrons. The van der Waals surface area contributed by atoms with E-state index in [0.29, 0.717) is 12.4 Å². The molecular weight excluding hydrogens is 236 g/mol. The Bertz CT molecular complexity index is 508. The molecule has 1 N–H and O–H groups in total. The molecule has 1 aromatic carbocycles. The van der Waals surface area contributed by atoms with Crippen molar-refractivity contribution >= 4 is 11.6 Å². The molecule has 1 heterocycles. The first-order valence-corrected chi connectivity index (χ1v) is 5.90. The van der Waals surface area contributed by atoms with Gasteiger partial charge in [0.25, 0.3) is 0 Å². The van der Waals surface area contributed by atoms with Gasteiger partial charge in [-0.25, -0.2) is 4.98 Å². The van der Waals surface area contributed by atoms with Gasteiger partial charge < -0.3 is 9.73 Å². The van der Waals surface area contributed by atoms with E-state index in [4.69, 9.17) is 16.0 Å². The molecule has 2 aromatic rings. The van der Waals surface area contributed by atoms with Gasteiger partial charge in [-0.3, -0.25) is 0 Å². The minimum absolute atomic E-state index is 0.635. The zero-order valence-electron chi connectivity index (χ0n) is 9.96. The number of aromatic nitrogens is 1. The molecule has 0 atom stereocenters. The van der Waals surface area contributed by atoms with Crippen LogP contribution in [0.4, 0.5) is 0 Å². The molecule has 0 aliphatic carbocycles. The van der Waals surface area contributed by atoms with Crippen LogP contribution in [0, 0.1) is 13.8 Å². The van der Waals surface area contributed by atoms with Crippen molar-refractivity contribution in [3.8, 4) is 0 Å². The summed E-state index contributed by atoms with van der Waals surface area (Å²) in [5.74, 6) is 1.55. The molecule has 4 heteroatoms. The summed E-state index contributed by atoms with van der Waals surface area (Å²) in [6, 6.07) is 5.90. The number of hydrogen-bond acceptors (Lipinski definition) is 3. The van der Waals surface area contributed by atoms with E-state index < -0.39 is 0 Å². The molecule has 0 saturated carbocycles. The van der Waals surface area contributed by atoms with Gasteiger partial charge in [-0.15, -0.1) is 0 Å². The van der Waals surface area contributed by atoms with E-state index in [1.54, 1.807) is 6.20 Å². The molecule has 2 rings (SSSR count). The lowest BCUT2D eigenvalue weighted by atomic mass is 10.1. The molecule has 0 fully saturated rings.